The minimum absolute atomic E-state index is 0. The molecule has 0 radical (unpaired) electrons. The third kappa shape index (κ3) is 15.8. The molecule has 12 heteroatoms. The molecular formula is C48H76Cl5N3S2Ti2-2. The quantitative estimate of drug-likeness (QED) is 0.225. The average molecular weight is 1030 g/mol. The Morgan fingerprint density at radius 1 is 0.650 bits per heavy atom. The fourth-order valence-corrected chi connectivity index (χ4v) is 13.1. The number of fused-ring (bicyclic) bond motifs is 3. The van der Waals surface area contributed by atoms with E-state index in [1.54, 1.807) is 21.0 Å². The molecule has 2 aromatic rings. The molecule has 0 saturated heterocycles. The number of allylic oxidation sites excluding steroid dienone is 4. The standard InChI is InChI=1S/C16H15N2.2C12H20S.C6H15N.2CH3.5ClH.2Ti/c1-11-6-5-7-12(2)15(11)18-10-13-8-3-4-9-14(13)16(18)17;2*1-6-7(2)11-9(4)10(5)13-12(11)8(6)3;1-4-7(5-2)6-3;;;;;;;;;/h3-9H,10H2,1-2H3;2*6-8,11-12H,1-5H3;4-6H2,1-3H3;2*1H3;5*1H;;/q-1;;;;2*-1;;;;;;+2;+4/p-5. The van der Waals surface area contributed by atoms with Gasteiger partial charge in [0, 0.05) is 10.5 Å². The number of hydrogen-bond donors (Lipinski definition) is 0. The van der Waals surface area contributed by atoms with Gasteiger partial charge in [-0.25, -0.2) is 0 Å². The van der Waals surface area contributed by atoms with Crippen molar-refractivity contribution in [3.8, 4) is 0 Å². The molecule has 0 spiro atoms. The van der Waals surface area contributed by atoms with Gasteiger partial charge in [-0.1, -0.05) is 122 Å². The van der Waals surface area contributed by atoms with E-state index in [9.17, 15) is 5.41 Å². The van der Waals surface area contributed by atoms with Gasteiger partial charge in [0.15, 0.2) is 0 Å². The van der Waals surface area contributed by atoms with E-state index in [-0.39, 0.29) is 14.9 Å². The SMILES string of the molecule is CC1=C(C)C2C(C)C(C)C(C)C2S1.CC1=C(C)C2C(C)C(C)C(C)C2S1.CCN(CC)CC.Cc1cccc(C)c1N1Cc2ccccc2C1=[N-].[CH3-].[CH3-].[Cl][Ti+]([Cl])[Cl].[Cl][Ti][Cl]. The molecule has 3 aliphatic heterocycles. The number of rotatable bonds is 4. The van der Waals surface area contributed by atoms with E-state index in [0.29, 0.717) is 5.84 Å². The number of nitrogens with zero attached hydrogens (tertiary/aromatic N) is 3. The third-order valence-corrected chi connectivity index (χ3v) is 17.2. The van der Waals surface area contributed by atoms with Gasteiger partial charge in [0.2, 0.25) is 0 Å². The number of para-hydroxylation sites is 1. The monoisotopic (exact) mass is 1030 g/mol. The van der Waals surface area contributed by atoms with Crippen LogP contribution in [-0.4, -0.2) is 40.9 Å². The van der Waals surface area contributed by atoms with Crippen molar-refractivity contribution in [3.63, 3.8) is 0 Å². The molecule has 10 unspecified atom stereocenters. The van der Waals surface area contributed by atoms with E-state index in [1.165, 1.54) is 36.3 Å². The van der Waals surface area contributed by atoms with Gasteiger partial charge in [0.1, 0.15) is 0 Å². The molecule has 5 aliphatic rings. The van der Waals surface area contributed by atoms with Crippen LogP contribution in [0.4, 0.5) is 5.69 Å². The summed E-state index contributed by atoms with van der Waals surface area (Å²) in [5.41, 5.74) is 8.98. The summed E-state index contributed by atoms with van der Waals surface area (Å²) in [6.07, 6.45) is 0. The Bertz CT molecular complexity index is 1590. The zero-order chi connectivity index (χ0) is 44.2. The van der Waals surface area contributed by atoms with Gasteiger partial charge in [-0.15, -0.1) is 23.5 Å². The van der Waals surface area contributed by atoms with Crippen LogP contribution >= 0.6 is 70.0 Å². The molecule has 3 heterocycles. The van der Waals surface area contributed by atoms with Crippen molar-refractivity contribution in [1.29, 1.82) is 0 Å². The van der Waals surface area contributed by atoms with Gasteiger partial charge in [0.05, 0.1) is 0 Å². The Hall–Kier alpha value is 0.929. The van der Waals surface area contributed by atoms with Crippen LogP contribution in [0.1, 0.15) is 112 Å². The maximum atomic E-state index is 10.4. The molecule has 2 saturated carbocycles. The molecule has 3 nitrogen and oxygen atoms in total. The summed E-state index contributed by atoms with van der Waals surface area (Å²) in [5, 5.41) is 12.2. The topological polar surface area (TPSA) is 28.8 Å². The van der Waals surface area contributed by atoms with Crippen LogP contribution in [0.25, 0.3) is 5.41 Å². The molecule has 0 N–H and O–H groups in total. The van der Waals surface area contributed by atoms with Crippen LogP contribution in [-0.2, 0) is 38.3 Å². The number of benzene rings is 2. The number of aryl methyl sites for hydroxylation is 2. The molecule has 2 aliphatic carbocycles. The fourth-order valence-electron chi connectivity index (χ4n) is 9.52. The first-order valence-electron chi connectivity index (χ1n) is 20.9. The van der Waals surface area contributed by atoms with E-state index < -0.39 is 31.7 Å². The molecule has 2 fully saturated rings. The zero-order valence-electron chi connectivity index (χ0n) is 39.7. The van der Waals surface area contributed by atoms with Gasteiger partial charge in [-0.05, 0) is 153 Å². The van der Waals surface area contributed by atoms with Gasteiger partial charge in [-0.2, -0.15) is 0 Å². The predicted molar refractivity (Wildman–Crippen MR) is 273 cm³/mol. The molecule has 2 aromatic carbocycles. The second kappa shape index (κ2) is 29.5. The Morgan fingerprint density at radius 3 is 1.33 bits per heavy atom. The van der Waals surface area contributed by atoms with Crippen molar-refractivity contribution < 1.29 is 31.7 Å². The Labute approximate surface area is 412 Å². The van der Waals surface area contributed by atoms with Crippen LogP contribution in [0.5, 0.6) is 0 Å². The Balaban J connectivity index is 0.000000752. The molecule has 0 amide bonds. The molecule has 0 bridgehead atoms. The number of amidine groups is 1. The molecule has 7 rings (SSSR count). The molecule has 10 atom stereocenters. The molecule has 340 valence electrons. The van der Waals surface area contributed by atoms with Crippen molar-refractivity contribution >= 4 is 81.6 Å². The average Bonchev–Trinajstić information content (AvgIpc) is 3.89. The zero-order valence-corrected chi connectivity index (χ0v) is 48.2. The summed E-state index contributed by atoms with van der Waals surface area (Å²) in [4.78, 5) is 7.57. The second-order valence-electron chi connectivity index (χ2n) is 16.6. The normalized spacial score (nSPS) is 27.8. The third-order valence-electron chi connectivity index (χ3n) is 13.8. The van der Waals surface area contributed by atoms with Gasteiger partial charge >= 0.3 is 78.2 Å². The summed E-state index contributed by atoms with van der Waals surface area (Å²) >= 11 is 1.81. The summed E-state index contributed by atoms with van der Waals surface area (Å²) in [6, 6.07) is 14.2. The van der Waals surface area contributed by atoms with E-state index in [0.717, 1.165) is 75.6 Å². The second-order valence-corrected chi connectivity index (χ2v) is 29.7. The van der Waals surface area contributed by atoms with Crippen LogP contribution in [0.15, 0.2) is 63.4 Å². The predicted octanol–water partition coefficient (Wildman–Crippen LogP) is 17.2. The molecule has 0 aromatic heterocycles. The van der Waals surface area contributed by atoms with Gasteiger partial charge in [0.25, 0.3) is 0 Å². The number of anilines is 1. The van der Waals surface area contributed by atoms with Crippen molar-refractivity contribution in [2.75, 3.05) is 24.5 Å². The van der Waals surface area contributed by atoms with Crippen molar-refractivity contribution in [2.24, 2.45) is 47.3 Å². The van der Waals surface area contributed by atoms with Crippen molar-refractivity contribution in [1.82, 2.24) is 4.90 Å². The molecular weight excluding hydrogens is 956 g/mol. The summed E-state index contributed by atoms with van der Waals surface area (Å²) < 4.78 is 0. The van der Waals surface area contributed by atoms with Crippen molar-refractivity contribution in [2.45, 2.75) is 121 Å². The van der Waals surface area contributed by atoms with Crippen LogP contribution in [0, 0.1) is 76.0 Å². The van der Waals surface area contributed by atoms with E-state index in [4.69, 9.17) is 46.5 Å². The first-order valence-corrected chi connectivity index (χ1v) is 33.4. The van der Waals surface area contributed by atoms with Crippen LogP contribution in [0.3, 0.4) is 0 Å². The first-order chi connectivity index (χ1) is 27.2. The fraction of sp³-hybridized carbons (Fsp3) is 0.604. The van der Waals surface area contributed by atoms with Gasteiger partial charge < -0.3 is 30.1 Å². The van der Waals surface area contributed by atoms with E-state index >= 15 is 0 Å². The minimum atomic E-state index is -1.92. The summed E-state index contributed by atoms with van der Waals surface area (Å²) in [7, 11) is 24.7. The number of hydrogen-bond acceptors (Lipinski definition) is 3. The van der Waals surface area contributed by atoms with Crippen molar-refractivity contribution in [3.05, 3.63) is 106 Å². The Kier molecular flexibility index (Phi) is 30.0. The summed E-state index contributed by atoms with van der Waals surface area (Å²) in [6.45, 7) is 38.9. The molecule has 60 heavy (non-hydrogen) atoms. The first kappa shape index (κ1) is 60.9. The van der Waals surface area contributed by atoms with Crippen LogP contribution in [0.2, 0.25) is 0 Å². The van der Waals surface area contributed by atoms with Crippen LogP contribution < -0.4 is 4.90 Å². The van der Waals surface area contributed by atoms with E-state index in [2.05, 4.69) is 157 Å². The van der Waals surface area contributed by atoms with E-state index in [1.807, 2.05) is 23.1 Å². The van der Waals surface area contributed by atoms with Gasteiger partial charge in [-0.3, -0.25) is 0 Å². The Morgan fingerprint density at radius 2 is 1.02 bits per heavy atom. The number of thioether (sulfide) groups is 2. The summed E-state index contributed by atoms with van der Waals surface area (Å²) in [5.74, 6) is 7.54. The number of halogens is 5. The maximum absolute atomic E-state index is 10.4.